The van der Waals surface area contributed by atoms with E-state index in [0.717, 1.165) is 28.2 Å². The number of benzene rings is 2. The molecule has 0 spiro atoms. The molecule has 6 nitrogen and oxygen atoms in total. The Morgan fingerprint density at radius 3 is 2.43 bits per heavy atom. The number of aromatic carboxylic acids is 1. The zero-order valence-electron chi connectivity index (χ0n) is 15.9. The quantitative estimate of drug-likeness (QED) is 0.558. The summed E-state index contributed by atoms with van der Waals surface area (Å²) in [6.45, 7) is 4.37. The van der Waals surface area contributed by atoms with E-state index in [-0.39, 0.29) is 4.88 Å². The Morgan fingerprint density at radius 1 is 1.07 bits per heavy atom. The number of carboxylic acid groups (broad SMARTS) is 1. The molecule has 0 fully saturated rings. The second-order valence-electron chi connectivity index (χ2n) is 6.06. The van der Waals surface area contributed by atoms with Crippen molar-refractivity contribution in [3.05, 3.63) is 58.6 Å². The van der Waals surface area contributed by atoms with Crippen molar-refractivity contribution in [1.29, 1.82) is 0 Å². The van der Waals surface area contributed by atoms with Gasteiger partial charge in [0.05, 0.1) is 18.4 Å². The molecule has 3 rings (SSSR count). The Kier molecular flexibility index (Phi) is 6.16. The molecule has 0 amide bonds. The number of aryl methyl sites for hydroxylation is 2. The second kappa shape index (κ2) is 8.75. The van der Waals surface area contributed by atoms with Crippen LogP contribution in [-0.4, -0.2) is 36.4 Å². The SMILES string of the molecule is COc1ccc(-c2nc(C)c(C(=O)O)s2)c(OCCOc2ccccc2C)c1. The summed E-state index contributed by atoms with van der Waals surface area (Å²) in [5.41, 5.74) is 2.26. The predicted molar refractivity (Wildman–Crippen MR) is 108 cm³/mol. The van der Waals surface area contributed by atoms with Gasteiger partial charge in [0, 0.05) is 6.07 Å². The Balaban J connectivity index is 1.77. The first-order valence-corrected chi connectivity index (χ1v) is 9.51. The molecule has 1 N–H and O–H groups in total. The molecule has 2 aromatic carbocycles. The Labute approximate surface area is 167 Å². The molecule has 0 aliphatic heterocycles. The van der Waals surface area contributed by atoms with E-state index in [2.05, 4.69) is 4.98 Å². The Morgan fingerprint density at radius 2 is 1.79 bits per heavy atom. The number of carboxylic acids is 1. The highest BCUT2D eigenvalue weighted by Gasteiger charge is 2.18. The van der Waals surface area contributed by atoms with Crippen molar-refractivity contribution in [2.45, 2.75) is 13.8 Å². The van der Waals surface area contributed by atoms with E-state index in [1.54, 1.807) is 26.2 Å². The maximum absolute atomic E-state index is 11.3. The van der Waals surface area contributed by atoms with Crippen LogP contribution in [0.2, 0.25) is 0 Å². The molecule has 0 atom stereocenters. The fourth-order valence-corrected chi connectivity index (χ4v) is 3.59. The normalized spacial score (nSPS) is 10.5. The smallest absolute Gasteiger partial charge is 0.347 e. The number of aromatic nitrogens is 1. The number of ether oxygens (including phenoxy) is 3. The van der Waals surface area contributed by atoms with E-state index in [0.29, 0.717) is 35.4 Å². The van der Waals surface area contributed by atoms with Gasteiger partial charge in [-0.25, -0.2) is 9.78 Å². The topological polar surface area (TPSA) is 77.9 Å². The van der Waals surface area contributed by atoms with Crippen LogP contribution >= 0.6 is 11.3 Å². The van der Waals surface area contributed by atoms with Crippen molar-refractivity contribution < 1.29 is 24.1 Å². The van der Waals surface area contributed by atoms with Crippen LogP contribution in [-0.2, 0) is 0 Å². The third-order valence-electron chi connectivity index (χ3n) is 4.10. The van der Waals surface area contributed by atoms with Gasteiger partial charge in [-0.2, -0.15) is 0 Å². The van der Waals surface area contributed by atoms with E-state index < -0.39 is 5.97 Å². The van der Waals surface area contributed by atoms with E-state index >= 15 is 0 Å². The van der Waals surface area contributed by atoms with Crippen molar-refractivity contribution in [2.75, 3.05) is 20.3 Å². The molecule has 146 valence electrons. The lowest BCUT2D eigenvalue weighted by molar-refractivity contribution is 0.0701. The summed E-state index contributed by atoms with van der Waals surface area (Å²) in [7, 11) is 1.58. The number of methoxy groups -OCH3 is 1. The molecule has 28 heavy (non-hydrogen) atoms. The number of thiazole rings is 1. The highest BCUT2D eigenvalue weighted by atomic mass is 32.1. The summed E-state index contributed by atoms with van der Waals surface area (Å²) in [6, 6.07) is 13.2. The third kappa shape index (κ3) is 4.43. The van der Waals surface area contributed by atoms with Crippen LogP contribution in [0.15, 0.2) is 42.5 Å². The minimum atomic E-state index is -0.983. The van der Waals surface area contributed by atoms with Crippen LogP contribution in [0.4, 0.5) is 0 Å². The molecule has 3 aromatic rings. The van der Waals surface area contributed by atoms with Gasteiger partial charge in [0.15, 0.2) is 0 Å². The molecule has 7 heteroatoms. The van der Waals surface area contributed by atoms with Crippen molar-refractivity contribution >= 4 is 17.3 Å². The number of carbonyl (C=O) groups is 1. The maximum atomic E-state index is 11.3. The van der Waals surface area contributed by atoms with Gasteiger partial charge in [0.25, 0.3) is 0 Å². The Bertz CT molecular complexity index is 983. The lowest BCUT2D eigenvalue weighted by Crippen LogP contribution is -2.10. The van der Waals surface area contributed by atoms with Crippen LogP contribution in [0.3, 0.4) is 0 Å². The molecule has 0 aliphatic carbocycles. The minimum absolute atomic E-state index is 0.222. The average molecular weight is 399 g/mol. The van der Waals surface area contributed by atoms with E-state index in [1.807, 2.05) is 37.3 Å². The van der Waals surface area contributed by atoms with Gasteiger partial charge in [-0.3, -0.25) is 0 Å². The first kappa shape index (κ1) is 19.7. The zero-order chi connectivity index (χ0) is 20.1. The number of nitrogens with zero attached hydrogens (tertiary/aromatic N) is 1. The van der Waals surface area contributed by atoms with Gasteiger partial charge in [0.1, 0.15) is 40.3 Å². The van der Waals surface area contributed by atoms with Gasteiger partial charge in [-0.05, 0) is 37.6 Å². The van der Waals surface area contributed by atoms with Crippen LogP contribution in [0.25, 0.3) is 10.6 Å². The maximum Gasteiger partial charge on any atom is 0.347 e. The van der Waals surface area contributed by atoms with Gasteiger partial charge in [0.2, 0.25) is 0 Å². The fourth-order valence-electron chi connectivity index (χ4n) is 2.66. The summed E-state index contributed by atoms with van der Waals surface area (Å²) in [5, 5.41) is 9.87. The minimum Gasteiger partial charge on any atom is -0.497 e. The van der Waals surface area contributed by atoms with E-state index in [9.17, 15) is 9.90 Å². The summed E-state index contributed by atoms with van der Waals surface area (Å²) >= 11 is 1.12. The first-order valence-electron chi connectivity index (χ1n) is 8.70. The molecule has 0 unspecified atom stereocenters. The van der Waals surface area contributed by atoms with Gasteiger partial charge in [-0.1, -0.05) is 18.2 Å². The molecule has 0 saturated heterocycles. The molecule has 0 aliphatic rings. The summed E-state index contributed by atoms with van der Waals surface area (Å²) in [4.78, 5) is 15.9. The molecular formula is C21H21NO5S. The summed E-state index contributed by atoms with van der Waals surface area (Å²) in [6.07, 6.45) is 0. The standard InChI is InChI=1S/C21H21NO5S/c1-13-6-4-5-7-17(13)26-10-11-27-18-12-15(25-3)8-9-16(18)20-22-14(2)19(28-20)21(23)24/h4-9,12H,10-11H2,1-3H3,(H,23,24). The van der Waals surface area contributed by atoms with Crippen LogP contribution in [0.5, 0.6) is 17.2 Å². The largest absolute Gasteiger partial charge is 0.497 e. The van der Waals surface area contributed by atoms with Gasteiger partial charge < -0.3 is 19.3 Å². The van der Waals surface area contributed by atoms with E-state index in [4.69, 9.17) is 14.2 Å². The van der Waals surface area contributed by atoms with Crippen molar-refractivity contribution in [2.24, 2.45) is 0 Å². The first-order chi connectivity index (χ1) is 13.5. The van der Waals surface area contributed by atoms with Crippen LogP contribution in [0.1, 0.15) is 20.9 Å². The number of para-hydroxylation sites is 1. The number of rotatable bonds is 8. The Hall–Kier alpha value is -3.06. The molecular weight excluding hydrogens is 378 g/mol. The molecule has 0 saturated carbocycles. The fraction of sp³-hybridized carbons (Fsp3) is 0.238. The van der Waals surface area contributed by atoms with Gasteiger partial charge >= 0.3 is 5.97 Å². The predicted octanol–water partition coefficient (Wildman–Crippen LogP) is 4.59. The molecule has 1 aromatic heterocycles. The lowest BCUT2D eigenvalue weighted by atomic mass is 10.2. The average Bonchev–Trinajstić information content (AvgIpc) is 3.08. The number of hydrogen-bond donors (Lipinski definition) is 1. The van der Waals surface area contributed by atoms with Crippen molar-refractivity contribution in [1.82, 2.24) is 4.98 Å². The second-order valence-corrected chi connectivity index (χ2v) is 7.06. The number of hydrogen-bond acceptors (Lipinski definition) is 6. The van der Waals surface area contributed by atoms with Crippen LogP contribution in [0, 0.1) is 13.8 Å². The molecule has 1 heterocycles. The van der Waals surface area contributed by atoms with Crippen molar-refractivity contribution in [3.8, 4) is 27.8 Å². The monoisotopic (exact) mass is 399 g/mol. The van der Waals surface area contributed by atoms with Crippen LogP contribution < -0.4 is 14.2 Å². The lowest BCUT2D eigenvalue weighted by Gasteiger charge is -2.13. The van der Waals surface area contributed by atoms with Gasteiger partial charge in [-0.15, -0.1) is 11.3 Å². The molecule has 0 radical (unpaired) electrons. The zero-order valence-corrected chi connectivity index (χ0v) is 16.7. The van der Waals surface area contributed by atoms with E-state index in [1.165, 1.54) is 0 Å². The highest BCUT2D eigenvalue weighted by molar-refractivity contribution is 7.17. The highest BCUT2D eigenvalue weighted by Crippen LogP contribution is 2.37. The third-order valence-corrected chi connectivity index (χ3v) is 5.28. The summed E-state index contributed by atoms with van der Waals surface area (Å²) in [5.74, 6) is 1.05. The van der Waals surface area contributed by atoms with Crippen molar-refractivity contribution in [3.63, 3.8) is 0 Å². The summed E-state index contributed by atoms with van der Waals surface area (Å²) < 4.78 is 17.0. The molecule has 0 bridgehead atoms.